The Morgan fingerprint density at radius 2 is 1.85 bits per heavy atom. The van der Waals surface area contributed by atoms with Gasteiger partial charge in [-0.25, -0.2) is 9.97 Å². The maximum Gasteiger partial charge on any atom is 0.163 e. The standard InChI is InChI=1S/C14H16N6/c1-19-8-9-20(11-5-3-2-4-10(11)19)14-12(13(15)16)17-6-7-18-14/h2-7H,8-9H2,1H3,(H3,15,16). The van der Waals surface area contributed by atoms with Gasteiger partial charge < -0.3 is 15.5 Å². The van der Waals surface area contributed by atoms with Crippen molar-refractivity contribution in [3.05, 3.63) is 42.4 Å². The van der Waals surface area contributed by atoms with Crippen LogP contribution in [0.1, 0.15) is 5.69 Å². The summed E-state index contributed by atoms with van der Waals surface area (Å²) in [4.78, 5) is 12.8. The molecule has 0 saturated heterocycles. The van der Waals surface area contributed by atoms with E-state index in [4.69, 9.17) is 11.1 Å². The fourth-order valence-electron chi connectivity index (χ4n) is 2.44. The zero-order valence-corrected chi connectivity index (χ0v) is 11.2. The first-order valence-corrected chi connectivity index (χ1v) is 6.41. The van der Waals surface area contributed by atoms with E-state index in [0.717, 1.165) is 24.5 Å². The van der Waals surface area contributed by atoms with Crippen LogP contribution in [0.15, 0.2) is 36.7 Å². The van der Waals surface area contributed by atoms with Gasteiger partial charge in [0, 0.05) is 32.5 Å². The minimum absolute atomic E-state index is 0.0653. The number of nitrogen functional groups attached to an aromatic ring is 1. The molecule has 0 saturated carbocycles. The first-order valence-electron chi connectivity index (χ1n) is 6.41. The molecule has 3 N–H and O–H groups in total. The molecule has 0 atom stereocenters. The van der Waals surface area contributed by atoms with Crippen LogP contribution < -0.4 is 15.5 Å². The highest BCUT2D eigenvalue weighted by Crippen LogP contribution is 2.36. The fraction of sp³-hybridized carbons (Fsp3) is 0.214. The molecule has 0 unspecified atom stereocenters. The molecule has 1 aromatic carbocycles. The molecule has 2 heterocycles. The van der Waals surface area contributed by atoms with Gasteiger partial charge in [0.2, 0.25) is 0 Å². The summed E-state index contributed by atoms with van der Waals surface area (Å²) in [7, 11) is 2.07. The summed E-state index contributed by atoms with van der Waals surface area (Å²) in [5, 5.41) is 7.66. The van der Waals surface area contributed by atoms with Crippen molar-refractivity contribution in [3.63, 3.8) is 0 Å². The van der Waals surface area contributed by atoms with E-state index in [1.165, 1.54) is 0 Å². The number of para-hydroxylation sites is 2. The van der Waals surface area contributed by atoms with Crippen LogP contribution in [-0.4, -0.2) is 35.9 Å². The van der Waals surface area contributed by atoms with Crippen LogP contribution in [0.4, 0.5) is 17.2 Å². The number of likely N-dealkylation sites (N-methyl/N-ethyl adjacent to an activating group) is 1. The molecule has 20 heavy (non-hydrogen) atoms. The summed E-state index contributed by atoms with van der Waals surface area (Å²) in [5.41, 5.74) is 8.23. The molecule has 1 aromatic heterocycles. The first-order chi connectivity index (χ1) is 9.68. The third-order valence-corrected chi connectivity index (χ3v) is 3.43. The molecule has 6 nitrogen and oxygen atoms in total. The second-order valence-corrected chi connectivity index (χ2v) is 4.70. The Bertz CT molecular complexity index is 654. The van der Waals surface area contributed by atoms with Crippen molar-refractivity contribution in [2.45, 2.75) is 0 Å². The molecule has 102 valence electrons. The van der Waals surface area contributed by atoms with Crippen LogP contribution in [0.25, 0.3) is 0 Å². The molecule has 3 rings (SSSR count). The predicted molar refractivity (Wildman–Crippen MR) is 79.8 cm³/mol. The highest BCUT2D eigenvalue weighted by atomic mass is 15.3. The maximum atomic E-state index is 7.66. The van der Waals surface area contributed by atoms with Gasteiger partial charge in [-0.3, -0.25) is 5.41 Å². The highest BCUT2D eigenvalue weighted by Gasteiger charge is 2.24. The third kappa shape index (κ3) is 1.95. The molecule has 6 heteroatoms. The summed E-state index contributed by atoms with van der Waals surface area (Å²) in [5.74, 6) is 0.574. The van der Waals surface area contributed by atoms with Crippen molar-refractivity contribution < 1.29 is 0 Å². The van der Waals surface area contributed by atoms with Gasteiger partial charge in [-0.1, -0.05) is 12.1 Å². The van der Waals surface area contributed by atoms with Crippen molar-refractivity contribution in [1.29, 1.82) is 5.41 Å². The fourth-order valence-corrected chi connectivity index (χ4v) is 2.44. The monoisotopic (exact) mass is 268 g/mol. The van der Waals surface area contributed by atoms with Crippen molar-refractivity contribution in [3.8, 4) is 0 Å². The minimum Gasteiger partial charge on any atom is -0.382 e. The van der Waals surface area contributed by atoms with Crippen LogP contribution >= 0.6 is 0 Å². The number of hydrogen-bond acceptors (Lipinski definition) is 5. The van der Waals surface area contributed by atoms with E-state index in [-0.39, 0.29) is 5.84 Å². The van der Waals surface area contributed by atoms with Crippen LogP contribution in [0.5, 0.6) is 0 Å². The van der Waals surface area contributed by atoms with Gasteiger partial charge in [0.15, 0.2) is 5.82 Å². The highest BCUT2D eigenvalue weighted by molar-refractivity contribution is 5.99. The van der Waals surface area contributed by atoms with Gasteiger partial charge in [0.05, 0.1) is 11.4 Å². The Kier molecular flexibility index (Phi) is 2.98. The Morgan fingerprint density at radius 1 is 1.15 bits per heavy atom. The number of rotatable bonds is 2. The van der Waals surface area contributed by atoms with Crippen LogP contribution in [0.3, 0.4) is 0 Å². The number of nitrogens with one attached hydrogen (secondary N) is 1. The van der Waals surface area contributed by atoms with Crippen molar-refractivity contribution in [2.75, 3.05) is 29.9 Å². The molecule has 0 aliphatic carbocycles. The van der Waals surface area contributed by atoms with E-state index < -0.39 is 0 Å². The van der Waals surface area contributed by atoms with E-state index in [1.807, 2.05) is 18.2 Å². The summed E-state index contributed by atoms with van der Waals surface area (Å²) >= 11 is 0. The predicted octanol–water partition coefficient (Wildman–Crippen LogP) is 1.35. The van der Waals surface area contributed by atoms with E-state index in [2.05, 4.69) is 32.9 Å². The molecular formula is C14H16N6. The smallest absolute Gasteiger partial charge is 0.163 e. The topological polar surface area (TPSA) is 82.1 Å². The molecule has 0 bridgehead atoms. The lowest BCUT2D eigenvalue weighted by Gasteiger charge is -2.36. The van der Waals surface area contributed by atoms with Crippen LogP contribution in [0, 0.1) is 5.41 Å². The lowest BCUT2D eigenvalue weighted by Crippen LogP contribution is -2.38. The Labute approximate surface area is 117 Å². The molecule has 1 aliphatic heterocycles. The summed E-state index contributed by atoms with van der Waals surface area (Å²) in [6.07, 6.45) is 3.19. The summed E-state index contributed by atoms with van der Waals surface area (Å²) in [6.45, 7) is 1.66. The van der Waals surface area contributed by atoms with Crippen molar-refractivity contribution in [2.24, 2.45) is 5.73 Å². The van der Waals surface area contributed by atoms with Gasteiger partial charge in [0.1, 0.15) is 11.5 Å². The largest absolute Gasteiger partial charge is 0.382 e. The summed E-state index contributed by atoms with van der Waals surface area (Å²) in [6, 6.07) is 8.13. The van der Waals surface area contributed by atoms with Gasteiger partial charge in [-0.05, 0) is 12.1 Å². The summed E-state index contributed by atoms with van der Waals surface area (Å²) < 4.78 is 0. The number of benzene rings is 1. The second-order valence-electron chi connectivity index (χ2n) is 4.70. The molecule has 0 fully saturated rings. The van der Waals surface area contributed by atoms with Crippen molar-refractivity contribution in [1.82, 2.24) is 9.97 Å². The van der Waals surface area contributed by atoms with Gasteiger partial charge in [-0.2, -0.15) is 0 Å². The minimum atomic E-state index is -0.0653. The molecule has 2 aromatic rings. The second kappa shape index (κ2) is 4.80. The molecule has 1 aliphatic rings. The Hall–Kier alpha value is -2.63. The molecule has 0 amide bonds. The first kappa shape index (κ1) is 12.4. The SMILES string of the molecule is CN1CCN(c2nccnc2C(=N)N)c2ccccc21. The van der Waals surface area contributed by atoms with Crippen LogP contribution in [-0.2, 0) is 0 Å². The normalized spacial score (nSPS) is 14.1. The molecule has 0 radical (unpaired) electrons. The lowest BCUT2D eigenvalue weighted by atomic mass is 10.1. The maximum absolute atomic E-state index is 7.66. The molecular weight excluding hydrogens is 252 g/mol. The average molecular weight is 268 g/mol. The van der Waals surface area contributed by atoms with Crippen LogP contribution in [0.2, 0.25) is 0 Å². The number of fused-ring (bicyclic) bond motifs is 1. The average Bonchev–Trinajstić information content (AvgIpc) is 2.48. The van der Waals surface area contributed by atoms with E-state index in [1.54, 1.807) is 12.4 Å². The number of aromatic nitrogens is 2. The zero-order valence-electron chi connectivity index (χ0n) is 11.2. The van der Waals surface area contributed by atoms with Gasteiger partial charge >= 0.3 is 0 Å². The van der Waals surface area contributed by atoms with E-state index in [0.29, 0.717) is 11.5 Å². The number of amidine groups is 1. The quantitative estimate of drug-likeness (QED) is 0.634. The third-order valence-electron chi connectivity index (χ3n) is 3.43. The zero-order chi connectivity index (χ0) is 14.1. The Morgan fingerprint density at radius 3 is 2.60 bits per heavy atom. The van der Waals surface area contributed by atoms with E-state index >= 15 is 0 Å². The number of hydrogen-bond donors (Lipinski definition) is 2. The van der Waals surface area contributed by atoms with E-state index in [9.17, 15) is 0 Å². The number of nitrogens with two attached hydrogens (primary N) is 1. The molecule has 0 spiro atoms. The lowest BCUT2D eigenvalue weighted by molar-refractivity contribution is 0.809. The number of nitrogens with zero attached hydrogens (tertiary/aromatic N) is 4. The number of anilines is 3. The van der Waals surface area contributed by atoms with Gasteiger partial charge in [-0.15, -0.1) is 0 Å². The van der Waals surface area contributed by atoms with Gasteiger partial charge in [0.25, 0.3) is 0 Å². The Balaban J connectivity index is 2.13. The van der Waals surface area contributed by atoms with Crippen molar-refractivity contribution >= 4 is 23.0 Å².